The molecule has 0 aliphatic rings. The molecule has 1 unspecified atom stereocenters. The number of carbonyl (C=O) groups is 1. The van der Waals surface area contributed by atoms with Crippen LogP contribution in [-0.2, 0) is 11.2 Å². The number of rotatable bonds is 12. The Bertz CT molecular complexity index is 772. The Kier molecular flexibility index (Phi) is 9.56. The lowest BCUT2D eigenvalue weighted by atomic mass is 10.1. The van der Waals surface area contributed by atoms with Gasteiger partial charge in [0.1, 0.15) is 24.2 Å². The summed E-state index contributed by atoms with van der Waals surface area (Å²) in [5, 5.41) is 13.2. The Balaban J connectivity index is 1.61. The molecule has 6 heteroatoms. The van der Waals surface area contributed by atoms with E-state index in [1.54, 1.807) is 7.05 Å². The van der Waals surface area contributed by atoms with Crippen molar-refractivity contribution in [3.63, 3.8) is 0 Å². The first-order valence-electron chi connectivity index (χ1n) is 9.54. The van der Waals surface area contributed by atoms with Crippen LogP contribution >= 0.6 is 0 Å². The average molecular weight is 396 g/mol. The summed E-state index contributed by atoms with van der Waals surface area (Å²) in [5.41, 5.74) is 1.13. The Morgan fingerprint density at radius 3 is 2.52 bits per heavy atom. The maximum absolute atomic E-state index is 11.8. The molecule has 0 aliphatic carbocycles. The lowest BCUT2D eigenvalue weighted by Crippen LogP contribution is -2.32. The second-order valence-electron chi connectivity index (χ2n) is 6.62. The fourth-order valence-electron chi connectivity index (χ4n) is 2.50. The van der Waals surface area contributed by atoms with E-state index in [-0.39, 0.29) is 25.7 Å². The molecule has 6 nitrogen and oxygen atoms in total. The molecule has 2 N–H and O–H groups in total. The van der Waals surface area contributed by atoms with Crippen molar-refractivity contribution in [2.75, 3.05) is 39.9 Å². The number of para-hydroxylation sites is 1. The van der Waals surface area contributed by atoms with Gasteiger partial charge in [0, 0.05) is 13.6 Å². The van der Waals surface area contributed by atoms with Gasteiger partial charge < -0.3 is 24.8 Å². The number of hydrogen-bond acceptors (Lipinski definition) is 5. The lowest BCUT2D eigenvalue weighted by molar-refractivity contribution is -0.131. The molecule has 1 amide bonds. The van der Waals surface area contributed by atoms with Crippen molar-refractivity contribution in [3.05, 3.63) is 60.2 Å². The second kappa shape index (κ2) is 12.4. The molecule has 154 valence electrons. The van der Waals surface area contributed by atoms with Crippen LogP contribution in [0.3, 0.4) is 0 Å². The minimum atomic E-state index is -0.573. The van der Waals surface area contributed by atoms with Gasteiger partial charge in [0.15, 0.2) is 6.61 Å². The van der Waals surface area contributed by atoms with Gasteiger partial charge in [-0.1, -0.05) is 36.3 Å². The molecule has 0 bridgehead atoms. The summed E-state index contributed by atoms with van der Waals surface area (Å²) in [6.45, 7) is 1.67. The molecular weight excluding hydrogens is 368 g/mol. The third-order valence-corrected chi connectivity index (χ3v) is 4.20. The van der Waals surface area contributed by atoms with Crippen molar-refractivity contribution in [1.82, 2.24) is 10.2 Å². The van der Waals surface area contributed by atoms with Gasteiger partial charge in [-0.3, -0.25) is 4.79 Å². The SMILES string of the molecule is C#CCN(C)C(=O)COc1ccc(CCNCC(O)COc2ccccc2)cc1. The molecule has 1 atom stereocenters. The van der Waals surface area contributed by atoms with Crippen LogP contribution in [0, 0.1) is 12.3 Å². The number of hydrogen-bond donors (Lipinski definition) is 2. The predicted molar refractivity (Wildman–Crippen MR) is 113 cm³/mol. The fraction of sp³-hybridized carbons (Fsp3) is 0.348. The van der Waals surface area contributed by atoms with Gasteiger partial charge in [-0.25, -0.2) is 0 Å². The Hall–Kier alpha value is -3.01. The third-order valence-electron chi connectivity index (χ3n) is 4.20. The summed E-state index contributed by atoms with van der Waals surface area (Å²) >= 11 is 0. The number of aliphatic hydroxyl groups excluding tert-OH is 1. The summed E-state index contributed by atoms with van der Waals surface area (Å²) in [6, 6.07) is 17.0. The summed E-state index contributed by atoms with van der Waals surface area (Å²) in [4.78, 5) is 13.2. The number of benzene rings is 2. The molecule has 2 rings (SSSR count). The first-order chi connectivity index (χ1) is 14.1. The number of terminal acetylenes is 1. The number of nitrogens with one attached hydrogen (secondary N) is 1. The van der Waals surface area contributed by atoms with Gasteiger partial charge in [0.25, 0.3) is 5.91 Å². The topological polar surface area (TPSA) is 71.0 Å². The van der Waals surface area contributed by atoms with Crippen LogP contribution in [0.25, 0.3) is 0 Å². The maximum Gasteiger partial charge on any atom is 0.261 e. The summed E-state index contributed by atoms with van der Waals surface area (Å²) in [7, 11) is 1.65. The van der Waals surface area contributed by atoms with Crippen molar-refractivity contribution in [2.45, 2.75) is 12.5 Å². The van der Waals surface area contributed by atoms with Crippen molar-refractivity contribution in [2.24, 2.45) is 0 Å². The smallest absolute Gasteiger partial charge is 0.261 e. The van der Waals surface area contributed by atoms with Crippen molar-refractivity contribution >= 4 is 5.91 Å². The number of amides is 1. The number of likely N-dealkylation sites (N-methyl/N-ethyl adjacent to an activating group) is 1. The number of ether oxygens (including phenoxy) is 2. The highest BCUT2D eigenvalue weighted by atomic mass is 16.5. The highest BCUT2D eigenvalue weighted by Crippen LogP contribution is 2.12. The Labute approximate surface area is 172 Å². The summed E-state index contributed by atoms with van der Waals surface area (Å²) in [6.07, 6.45) is 5.43. The van der Waals surface area contributed by atoms with Gasteiger partial charge in [0.2, 0.25) is 0 Å². The molecule has 0 heterocycles. The average Bonchev–Trinajstić information content (AvgIpc) is 2.75. The highest BCUT2D eigenvalue weighted by Gasteiger charge is 2.08. The van der Waals surface area contributed by atoms with Crippen LogP contribution in [-0.4, -0.2) is 61.9 Å². The lowest BCUT2D eigenvalue weighted by Gasteiger charge is -2.14. The van der Waals surface area contributed by atoms with Crippen LogP contribution in [0.5, 0.6) is 11.5 Å². The number of aliphatic hydroxyl groups is 1. The van der Waals surface area contributed by atoms with E-state index in [1.165, 1.54) is 4.90 Å². The van der Waals surface area contributed by atoms with Crippen LogP contribution in [0.1, 0.15) is 5.56 Å². The molecule has 0 aromatic heterocycles. The number of nitrogens with zero attached hydrogens (tertiary/aromatic N) is 1. The zero-order valence-electron chi connectivity index (χ0n) is 16.7. The van der Waals surface area contributed by atoms with Crippen LogP contribution in [0.4, 0.5) is 0 Å². The molecule has 0 aliphatic heterocycles. The Morgan fingerprint density at radius 2 is 1.83 bits per heavy atom. The van der Waals surface area contributed by atoms with Gasteiger partial charge in [0.05, 0.1) is 6.54 Å². The van der Waals surface area contributed by atoms with E-state index in [9.17, 15) is 9.90 Å². The van der Waals surface area contributed by atoms with Crippen LogP contribution in [0.2, 0.25) is 0 Å². The largest absolute Gasteiger partial charge is 0.491 e. The fourth-order valence-corrected chi connectivity index (χ4v) is 2.50. The van der Waals surface area contributed by atoms with E-state index < -0.39 is 6.10 Å². The summed E-state index contributed by atoms with van der Waals surface area (Å²) < 4.78 is 11.0. The quantitative estimate of drug-likeness (QED) is 0.422. The molecule has 0 fully saturated rings. The minimum Gasteiger partial charge on any atom is -0.491 e. The zero-order chi connectivity index (χ0) is 20.9. The molecule has 0 radical (unpaired) electrons. The summed E-state index contributed by atoms with van der Waals surface area (Å²) in [5.74, 6) is 3.64. The standard InChI is InChI=1S/C23H28N2O4/c1-3-15-25(2)23(27)18-29-22-11-9-19(10-12-22)13-14-24-16-20(26)17-28-21-7-5-4-6-8-21/h1,4-12,20,24,26H,13-18H2,2H3. The van der Waals surface area contributed by atoms with Crippen molar-refractivity contribution in [1.29, 1.82) is 0 Å². The highest BCUT2D eigenvalue weighted by molar-refractivity contribution is 5.77. The Morgan fingerprint density at radius 1 is 1.14 bits per heavy atom. The van der Waals surface area contributed by atoms with Crippen LogP contribution < -0.4 is 14.8 Å². The van der Waals surface area contributed by atoms with Gasteiger partial charge >= 0.3 is 0 Å². The molecule has 29 heavy (non-hydrogen) atoms. The van der Waals surface area contributed by atoms with Gasteiger partial charge in [-0.2, -0.15) is 0 Å². The first-order valence-corrected chi connectivity index (χ1v) is 9.54. The molecule has 2 aromatic rings. The zero-order valence-corrected chi connectivity index (χ0v) is 16.7. The molecule has 0 saturated carbocycles. The van der Waals surface area contributed by atoms with E-state index in [0.717, 1.165) is 24.3 Å². The molecule has 0 saturated heterocycles. The minimum absolute atomic E-state index is 0.0397. The molecule has 2 aromatic carbocycles. The van der Waals surface area contributed by atoms with Crippen molar-refractivity contribution < 1.29 is 19.4 Å². The molecular formula is C23H28N2O4. The van der Waals surface area contributed by atoms with E-state index in [1.807, 2.05) is 54.6 Å². The predicted octanol–water partition coefficient (Wildman–Crippen LogP) is 1.73. The van der Waals surface area contributed by atoms with E-state index in [0.29, 0.717) is 12.3 Å². The molecule has 0 spiro atoms. The van der Waals surface area contributed by atoms with Crippen LogP contribution in [0.15, 0.2) is 54.6 Å². The van der Waals surface area contributed by atoms with E-state index in [4.69, 9.17) is 15.9 Å². The normalized spacial score (nSPS) is 11.3. The first kappa shape index (κ1) is 22.3. The third kappa shape index (κ3) is 8.69. The van der Waals surface area contributed by atoms with Crippen molar-refractivity contribution in [3.8, 4) is 23.8 Å². The van der Waals surface area contributed by atoms with E-state index in [2.05, 4.69) is 11.2 Å². The van der Waals surface area contributed by atoms with Gasteiger partial charge in [-0.05, 0) is 42.8 Å². The maximum atomic E-state index is 11.8. The van der Waals surface area contributed by atoms with Gasteiger partial charge in [-0.15, -0.1) is 6.42 Å². The monoisotopic (exact) mass is 396 g/mol. The van der Waals surface area contributed by atoms with E-state index >= 15 is 0 Å². The number of carbonyl (C=O) groups excluding carboxylic acids is 1. The second-order valence-corrected chi connectivity index (χ2v) is 6.62.